The quantitative estimate of drug-likeness (QED) is 0.208. The number of terminal acetylenes is 1. The molecule has 0 amide bonds. The van der Waals surface area contributed by atoms with Gasteiger partial charge in [-0.25, -0.2) is 4.90 Å². The van der Waals surface area contributed by atoms with Crippen molar-refractivity contribution in [2.24, 2.45) is 0 Å². The van der Waals surface area contributed by atoms with E-state index in [1.165, 1.54) is 11.3 Å². The fourth-order valence-corrected chi connectivity index (χ4v) is 4.08. The third-order valence-electron chi connectivity index (χ3n) is 4.56. The summed E-state index contributed by atoms with van der Waals surface area (Å²) in [6, 6.07) is -0.364. The Morgan fingerprint density at radius 2 is 2.31 bits per heavy atom. The first-order chi connectivity index (χ1) is 12.6. The maximum atomic E-state index is 13.4. The van der Waals surface area contributed by atoms with E-state index in [9.17, 15) is 10.3 Å². The molecule has 0 spiro atoms. The van der Waals surface area contributed by atoms with E-state index < -0.39 is 10.9 Å². The molecular weight excluding hydrogens is 352 g/mol. The summed E-state index contributed by atoms with van der Waals surface area (Å²) in [4.78, 5) is 1.98. The monoisotopic (exact) mass is 380 g/mol. The minimum atomic E-state index is -1.14. The van der Waals surface area contributed by atoms with Crippen molar-refractivity contribution in [3.05, 3.63) is 22.9 Å². The van der Waals surface area contributed by atoms with Crippen molar-refractivity contribution < 1.29 is 9.84 Å². The van der Waals surface area contributed by atoms with Crippen LogP contribution in [-0.2, 0) is 11.2 Å². The lowest BCUT2D eigenvalue weighted by atomic mass is 10.2. The summed E-state index contributed by atoms with van der Waals surface area (Å²) in [5, 5.41) is 33.5. The van der Waals surface area contributed by atoms with Crippen LogP contribution >= 0.6 is 11.3 Å². The van der Waals surface area contributed by atoms with Crippen LogP contribution in [0.3, 0.4) is 0 Å². The Morgan fingerprint density at radius 3 is 3.00 bits per heavy atom. The number of methoxy groups -OCH3 is 1. The summed E-state index contributed by atoms with van der Waals surface area (Å²) < 4.78 is 4.34. The molecule has 1 N–H and O–H groups in total. The number of rotatable bonds is 11. The van der Waals surface area contributed by atoms with Crippen molar-refractivity contribution in [1.29, 1.82) is 0 Å². The number of quaternary nitrogens is 1. The molecule has 1 aliphatic heterocycles. The molecule has 0 aromatic carbocycles. The summed E-state index contributed by atoms with van der Waals surface area (Å²) in [7, 11) is 1.57. The van der Waals surface area contributed by atoms with Gasteiger partial charge in [0.1, 0.15) is 17.7 Å². The zero-order valence-electron chi connectivity index (χ0n) is 15.3. The van der Waals surface area contributed by atoms with Crippen molar-refractivity contribution >= 4 is 16.5 Å². The van der Waals surface area contributed by atoms with Crippen LogP contribution in [-0.4, -0.2) is 59.4 Å². The zero-order chi connectivity index (χ0) is 19.0. The van der Waals surface area contributed by atoms with E-state index >= 15 is 0 Å². The predicted octanol–water partition coefficient (Wildman–Crippen LogP) is 2.26. The highest BCUT2D eigenvalue weighted by molar-refractivity contribution is 7.15. The number of aliphatic hydroxyl groups is 1. The van der Waals surface area contributed by atoms with Gasteiger partial charge in [-0.1, -0.05) is 11.2 Å². The first-order valence-corrected chi connectivity index (χ1v) is 9.75. The molecular formula is C18H28N4O3S. The standard InChI is InChI=1S/C18H28N4O3S/c1-4-6-8-10-12-21-14-22(24,17(23)15(21)13-25-3)18-20-19-16(26-18)11-9-7-5-2/h1,5,15,17,23H,2,6-14H2,3H3. The number of aliphatic hydroxyl groups excluding tert-OH is 1. The van der Waals surface area contributed by atoms with Crippen molar-refractivity contribution in [2.75, 3.05) is 26.9 Å². The number of hydrogen-bond donors (Lipinski definition) is 1. The van der Waals surface area contributed by atoms with Gasteiger partial charge >= 0.3 is 5.13 Å². The molecule has 0 bridgehead atoms. The molecule has 0 radical (unpaired) electrons. The Labute approximate surface area is 159 Å². The van der Waals surface area contributed by atoms with Gasteiger partial charge in [0.2, 0.25) is 6.23 Å². The van der Waals surface area contributed by atoms with Gasteiger partial charge < -0.3 is 15.1 Å². The first kappa shape index (κ1) is 21.0. The summed E-state index contributed by atoms with van der Waals surface area (Å²) in [6.07, 6.45) is 11.1. The maximum Gasteiger partial charge on any atom is 0.309 e. The molecule has 2 rings (SSSR count). The maximum absolute atomic E-state index is 13.4. The molecule has 0 saturated carbocycles. The van der Waals surface area contributed by atoms with Gasteiger partial charge in [-0.15, -0.1) is 24.0 Å². The lowest BCUT2D eigenvalue weighted by molar-refractivity contribution is 0.0190. The molecule has 0 aliphatic carbocycles. The fourth-order valence-electron chi connectivity index (χ4n) is 3.14. The molecule has 3 atom stereocenters. The average molecular weight is 381 g/mol. The first-order valence-electron chi connectivity index (χ1n) is 8.94. The summed E-state index contributed by atoms with van der Waals surface area (Å²) in [5.41, 5.74) is 0. The van der Waals surface area contributed by atoms with Crippen LogP contribution in [0.5, 0.6) is 0 Å². The van der Waals surface area contributed by atoms with Crippen LogP contribution < -0.4 is 4.65 Å². The Morgan fingerprint density at radius 1 is 1.50 bits per heavy atom. The number of aromatic nitrogens is 2. The topological polar surface area (TPSA) is 81.5 Å². The van der Waals surface area contributed by atoms with Gasteiger partial charge in [0, 0.05) is 26.5 Å². The molecule has 3 unspecified atom stereocenters. The number of unbranched alkanes of at least 4 members (excludes halogenated alkanes) is 3. The predicted molar refractivity (Wildman–Crippen MR) is 104 cm³/mol. The minimum Gasteiger partial charge on any atom is -0.623 e. The van der Waals surface area contributed by atoms with Crippen LogP contribution in [0.1, 0.15) is 37.1 Å². The van der Waals surface area contributed by atoms with Gasteiger partial charge in [0.15, 0.2) is 0 Å². The van der Waals surface area contributed by atoms with Crippen LogP contribution in [0.4, 0.5) is 5.13 Å². The van der Waals surface area contributed by atoms with Crippen molar-refractivity contribution in [3.63, 3.8) is 0 Å². The van der Waals surface area contributed by atoms with E-state index in [0.29, 0.717) is 24.7 Å². The smallest absolute Gasteiger partial charge is 0.309 e. The molecule has 2 heterocycles. The van der Waals surface area contributed by atoms with Crippen LogP contribution in [0.15, 0.2) is 12.7 Å². The third-order valence-corrected chi connectivity index (χ3v) is 5.66. The lowest BCUT2D eigenvalue weighted by Gasteiger charge is -2.37. The summed E-state index contributed by atoms with van der Waals surface area (Å²) in [6.45, 7) is 4.84. The van der Waals surface area contributed by atoms with Gasteiger partial charge in [-0.05, 0) is 37.0 Å². The molecule has 1 aromatic rings. The molecule has 144 valence electrons. The highest BCUT2D eigenvalue weighted by Gasteiger charge is 2.50. The Bertz CT molecular complexity index is 618. The Balaban J connectivity index is 2.08. The molecule has 26 heavy (non-hydrogen) atoms. The normalized spacial score (nSPS) is 26.1. The summed E-state index contributed by atoms with van der Waals surface area (Å²) in [5.74, 6) is 2.62. The molecule has 7 nitrogen and oxygen atoms in total. The number of hydroxylamine groups is 2. The highest BCUT2D eigenvalue weighted by atomic mass is 32.1. The second-order valence-corrected chi connectivity index (χ2v) is 7.55. The molecule has 1 aromatic heterocycles. The van der Waals surface area contributed by atoms with Gasteiger partial charge in [0.25, 0.3) is 0 Å². The molecule has 1 saturated heterocycles. The second-order valence-electron chi connectivity index (χ2n) is 6.51. The number of aryl methyl sites for hydroxylation is 1. The van der Waals surface area contributed by atoms with E-state index in [4.69, 9.17) is 11.2 Å². The van der Waals surface area contributed by atoms with E-state index in [2.05, 4.69) is 22.7 Å². The van der Waals surface area contributed by atoms with Gasteiger partial charge in [-0.2, -0.15) is 0 Å². The highest BCUT2D eigenvalue weighted by Crippen LogP contribution is 2.36. The van der Waals surface area contributed by atoms with Gasteiger partial charge in [-0.3, -0.25) is 4.65 Å². The van der Waals surface area contributed by atoms with Crippen molar-refractivity contribution in [3.8, 4) is 12.3 Å². The van der Waals surface area contributed by atoms with E-state index in [0.717, 1.165) is 37.1 Å². The average Bonchev–Trinajstić information content (AvgIpc) is 3.19. The molecule has 1 fully saturated rings. The zero-order valence-corrected chi connectivity index (χ0v) is 16.2. The van der Waals surface area contributed by atoms with Crippen LogP contribution in [0.25, 0.3) is 0 Å². The SMILES string of the molecule is C#CCCCCN1C[N+]([O-])(c2nnc(CCCC=C)s2)C(O)C1COC. The lowest BCUT2D eigenvalue weighted by Crippen LogP contribution is -2.51. The van der Waals surface area contributed by atoms with Crippen LogP contribution in [0.2, 0.25) is 0 Å². The van der Waals surface area contributed by atoms with E-state index in [1.54, 1.807) is 7.11 Å². The largest absolute Gasteiger partial charge is 0.623 e. The number of allylic oxidation sites excluding steroid dienone is 1. The van der Waals surface area contributed by atoms with Crippen LogP contribution in [0, 0.1) is 17.6 Å². The van der Waals surface area contributed by atoms with Gasteiger partial charge in [0.05, 0.1) is 6.61 Å². The summed E-state index contributed by atoms with van der Waals surface area (Å²) >= 11 is 1.29. The van der Waals surface area contributed by atoms with E-state index in [1.807, 2.05) is 11.0 Å². The Hall–Kier alpha value is -1.34. The molecule has 1 aliphatic rings. The van der Waals surface area contributed by atoms with Crippen molar-refractivity contribution in [2.45, 2.75) is 50.8 Å². The van der Waals surface area contributed by atoms with Crippen molar-refractivity contribution in [1.82, 2.24) is 19.7 Å². The Kier molecular flexibility index (Phi) is 8.15. The fraction of sp³-hybridized carbons (Fsp3) is 0.667. The number of ether oxygens (including phenoxy) is 1. The second kappa shape index (κ2) is 10.1. The molecule has 8 heteroatoms. The third kappa shape index (κ3) is 4.88. The minimum absolute atomic E-state index is 0.145. The van der Waals surface area contributed by atoms with E-state index in [-0.39, 0.29) is 12.7 Å². The number of hydrogen-bond acceptors (Lipinski definition) is 7. The number of nitrogens with zero attached hydrogens (tertiary/aromatic N) is 4.